The number of halogens is 2. The molecule has 0 saturated carbocycles. The van der Waals surface area contributed by atoms with E-state index >= 15 is 0 Å². The van der Waals surface area contributed by atoms with Gasteiger partial charge in [0.1, 0.15) is 11.6 Å². The van der Waals surface area contributed by atoms with Crippen LogP contribution in [0.4, 0.5) is 11.4 Å². The number of nitrogens with one attached hydrogen (secondary N) is 3. The fourth-order valence-electron chi connectivity index (χ4n) is 2.86. The second kappa shape index (κ2) is 8.24. The van der Waals surface area contributed by atoms with E-state index in [0.29, 0.717) is 38.1 Å². The van der Waals surface area contributed by atoms with Gasteiger partial charge in [0.25, 0.3) is 0 Å². The third kappa shape index (κ3) is 4.42. The Morgan fingerprint density at radius 1 is 1.03 bits per heavy atom. The minimum atomic E-state index is 0.394. The Hall–Kier alpha value is -2.87. The lowest BCUT2D eigenvalue weighted by Gasteiger charge is -2.13. The fourth-order valence-corrected chi connectivity index (χ4v) is 3.62. The second-order valence-electron chi connectivity index (χ2n) is 6.11. The summed E-state index contributed by atoms with van der Waals surface area (Å²) in [5.41, 5.74) is 3.72. The molecule has 0 fully saturated rings. The van der Waals surface area contributed by atoms with Crippen LogP contribution < -0.4 is 15.4 Å². The molecule has 2 aromatic heterocycles. The molecular weight excluding hydrogens is 429 g/mol. The number of hydrogen-bond acceptors (Lipinski definition) is 4. The number of hydrogen-bond donors (Lipinski definition) is 3. The minimum Gasteiger partial charge on any atom is -0.496 e. The number of benzene rings is 2. The number of thiocarbonyl (C=S) groups is 1. The quantitative estimate of drug-likeness (QED) is 0.348. The molecular formula is C20H15Cl2N5OS. The molecule has 0 unspecified atom stereocenters. The molecule has 2 aromatic carbocycles. The first kappa shape index (κ1) is 19.4. The van der Waals surface area contributed by atoms with E-state index in [1.165, 1.54) is 0 Å². The van der Waals surface area contributed by atoms with Crippen molar-refractivity contribution in [3.05, 3.63) is 64.8 Å². The molecule has 2 heterocycles. The van der Waals surface area contributed by atoms with Crippen molar-refractivity contribution in [2.45, 2.75) is 0 Å². The Labute approximate surface area is 182 Å². The summed E-state index contributed by atoms with van der Waals surface area (Å²) < 4.78 is 5.49. The fraction of sp³-hybridized carbons (Fsp3) is 0.0500. The Morgan fingerprint density at radius 2 is 1.79 bits per heavy atom. The van der Waals surface area contributed by atoms with E-state index in [1.54, 1.807) is 31.5 Å². The highest BCUT2D eigenvalue weighted by Crippen LogP contribution is 2.32. The van der Waals surface area contributed by atoms with Crippen molar-refractivity contribution in [1.29, 1.82) is 0 Å². The van der Waals surface area contributed by atoms with E-state index in [2.05, 4.69) is 25.6 Å². The van der Waals surface area contributed by atoms with Gasteiger partial charge < -0.3 is 20.4 Å². The highest BCUT2D eigenvalue weighted by atomic mass is 35.5. The van der Waals surface area contributed by atoms with Gasteiger partial charge in [0.05, 0.1) is 18.2 Å². The maximum atomic E-state index is 6.03. The van der Waals surface area contributed by atoms with E-state index in [9.17, 15) is 0 Å². The first-order valence-electron chi connectivity index (χ1n) is 8.55. The molecule has 0 aliphatic carbocycles. The lowest BCUT2D eigenvalue weighted by atomic mass is 10.1. The van der Waals surface area contributed by atoms with E-state index in [0.717, 1.165) is 16.8 Å². The molecule has 4 rings (SSSR count). The zero-order chi connectivity index (χ0) is 20.4. The maximum Gasteiger partial charge on any atom is 0.178 e. The molecule has 6 nitrogen and oxygen atoms in total. The molecule has 0 spiro atoms. The number of aromatic nitrogens is 3. The van der Waals surface area contributed by atoms with Gasteiger partial charge in [-0.1, -0.05) is 23.2 Å². The average molecular weight is 444 g/mol. The summed E-state index contributed by atoms with van der Waals surface area (Å²) in [5, 5.41) is 7.65. The Bertz CT molecular complexity index is 1160. The van der Waals surface area contributed by atoms with Crippen LogP contribution >= 0.6 is 35.4 Å². The average Bonchev–Trinajstić information content (AvgIpc) is 3.11. The Balaban J connectivity index is 1.60. The molecule has 0 amide bonds. The molecule has 0 aliphatic rings. The third-order valence-electron chi connectivity index (χ3n) is 4.09. The van der Waals surface area contributed by atoms with Crippen LogP contribution in [0, 0.1) is 0 Å². The number of nitrogens with zero attached hydrogens (tertiary/aromatic N) is 2. The van der Waals surface area contributed by atoms with Crippen LogP contribution in [0.15, 0.2) is 54.7 Å². The summed E-state index contributed by atoms with van der Waals surface area (Å²) in [7, 11) is 1.61. The Morgan fingerprint density at radius 3 is 2.52 bits per heavy atom. The van der Waals surface area contributed by atoms with Crippen LogP contribution in [0.5, 0.6) is 5.75 Å². The summed E-state index contributed by atoms with van der Waals surface area (Å²) in [6.07, 6.45) is 1.70. The lowest BCUT2D eigenvalue weighted by Crippen LogP contribution is -2.19. The molecule has 0 aliphatic heterocycles. The molecule has 0 bridgehead atoms. The van der Waals surface area contributed by atoms with E-state index < -0.39 is 0 Å². The predicted molar refractivity (Wildman–Crippen MR) is 122 cm³/mol. The number of ether oxygens (including phenoxy) is 1. The van der Waals surface area contributed by atoms with Gasteiger partial charge >= 0.3 is 0 Å². The second-order valence-corrected chi connectivity index (χ2v) is 7.39. The first-order valence-corrected chi connectivity index (χ1v) is 9.71. The summed E-state index contributed by atoms with van der Waals surface area (Å²) in [6.45, 7) is 0. The number of methoxy groups -OCH3 is 1. The smallest absolute Gasteiger partial charge is 0.178 e. The molecule has 0 atom stereocenters. The van der Waals surface area contributed by atoms with Crippen LogP contribution in [0.2, 0.25) is 10.0 Å². The summed E-state index contributed by atoms with van der Waals surface area (Å²) in [4.78, 5) is 12.1. The van der Waals surface area contributed by atoms with Crippen molar-refractivity contribution in [1.82, 2.24) is 15.0 Å². The van der Waals surface area contributed by atoms with Crippen LogP contribution in [-0.4, -0.2) is 27.2 Å². The summed E-state index contributed by atoms with van der Waals surface area (Å²) >= 11 is 17.5. The van der Waals surface area contributed by atoms with Gasteiger partial charge in [0.2, 0.25) is 0 Å². The van der Waals surface area contributed by atoms with Gasteiger partial charge in [-0.15, -0.1) is 0 Å². The molecule has 146 valence electrons. The molecule has 0 saturated heterocycles. The monoisotopic (exact) mass is 443 g/mol. The zero-order valence-electron chi connectivity index (χ0n) is 15.2. The number of pyridine rings is 1. The maximum absolute atomic E-state index is 6.03. The Kier molecular flexibility index (Phi) is 5.53. The minimum absolute atomic E-state index is 0.394. The zero-order valence-corrected chi connectivity index (χ0v) is 17.5. The van der Waals surface area contributed by atoms with E-state index in [-0.39, 0.29) is 0 Å². The number of rotatable bonds is 4. The van der Waals surface area contributed by atoms with Crippen molar-refractivity contribution in [3.8, 4) is 17.1 Å². The van der Waals surface area contributed by atoms with Crippen molar-refractivity contribution < 1.29 is 4.74 Å². The number of fused-ring (bicyclic) bond motifs is 1. The summed E-state index contributed by atoms with van der Waals surface area (Å²) in [6, 6.07) is 14.5. The third-order valence-corrected chi connectivity index (χ3v) is 4.73. The first-order chi connectivity index (χ1) is 14.0. The number of anilines is 2. The summed E-state index contributed by atoms with van der Waals surface area (Å²) in [5.74, 6) is 1.33. The van der Waals surface area contributed by atoms with Crippen LogP contribution in [0.3, 0.4) is 0 Å². The predicted octanol–water partition coefficient (Wildman–Crippen LogP) is 5.75. The van der Waals surface area contributed by atoms with Crippen molar-refractivity contribution in [2.75, 3.05) is 17.7 Å². The molecule has 3 N–H and O–H groups in total. The van der Waals surface area contributed by atoms with Crippen molar-refractivity contribution >= 4 is 63.1 Å². The van der Waals surface area contributed by atoms with Crippen molar-refractivity contribution in [2.24, 2.45) is 0 Å². The molecule has 0 radical (unpaired) electrons. The van der Waals surface area contributed by atoms with Crippen LogP contribution in [-0.2, 0) is 0 Å². The van der Waals surface area contributed by atoms with Crippen LogP contribution in [0.1, 0.15) is 0 Å². The molecule has 29 heavy (non-hydrogen) atoms. The highest BCUT2D eigenvalue weighted by molar-refractivity contribution is 7.80. The number of aromatic amines is 1. The van der Waals surface area contributed by atoms with Gasteiger partial charge in [-0.25, -0.2) is 9.97 Å². The number of H-pyrrole nitrogens is 1. The molecule has 4 aromatic rings. The normalized spacial score (nSPS) is 10.7. The number of imidazole rings is 1. The van der Waals surface area contributed by atoms with Gasteiger partial charge in [-0.2, -0.15) is 0 Å². The van der Waals surface area contributed by atoms with Gasteiger partial charge in [0, 0.05) is 27.6 Å². The molecule has 9 heteroatoms. The van der Waals surface area contributed by atoms with E-state index in [4.69, 9.17) is 40.2 Å². The largest absolute Gasteiger partial charge is 0.496 e. The topological polar surface area (TPSA) is 74.9 Å². The van der Waals surface area contributed by atoms with Crippen LogP contribution in [0.25, 0.3) is 22.6 Å². The highest BCUT2D eigenvalue weighted by Gasteiger charge is 2.13. The van der Waals surface area contributed by atoms with Gasteiger partial charge in [-0.05, 0) is 60.7 Å². The SMILES string of the molecule is COc1ccc(NC(=S)Nc2cc(Cl)cc(Cl)c2)cc1-c1nc2ncccc2[nH]1. The standard InChI is InChI=1S/C20H15Cl2N5OS/c1-28-17-5-4-13(24-20(29)25-14-8-11(21)7-12(22)9-14)10-15(17)18-26-16-3-2-6-23-19(16)27-18/h2-10H,1H3,(H,23,26,27)(H2,24,25,29). The van der Waals surface area contributed by atoms with E-state index in [1.807, 2.05) is 30.3 Å². The lowest BCUT2D eigenvalue weighted by molar-refractivity contribution is 0.416. The van der Waals surface area contributed by atoms with Gasteiger partial charge in [-0.3, -0.25) is 0 Å². The van der Waals surface area contributed by atoms with Gasteiger partial charge in [0.15, 0.2) is 10.8 Å². The van der Waals surface area contributed by atoms with Crippen molar-refractivity contribution in [3.63, 3.8) is 0 Å².